The summed E-state index contributed by atoms with van der Waals surface area (Å²) in [6.07, 6.45) is 3.37. The van der Waals surface area contributed by atoms with Crippen LogP contribution < -0.4 is 10.6 Å². The Bertz CT molecular complexity index is 276. The first kappa shape index (κ1) is 11.5. The molecule has 0 amide bonds. The molecule has 0 saturated carbocycles. The summed E-state index contributed by atoms with van der Waals surface area (Å²) in [5, 5.41) is 7.12. The van der Waals surface area contributed by atoms with Crippen LogP contribution in [0.3, 0.4) is 0 Å². The van der Waals surface area contributed by atoms with Gasteiger partial charge >= 0.3 is 0 Å². The molecule has 1 aromatic carbocycles. The molecule has 2 N–H and O–H groups in total. The van der Waals surface area contributed by atoms with E-state index in [4.69, 9.17) is 5.40 Å². The van der Waals surface area contributed by atoms with Crippen LogP contribution in [0, 0.1) is 0 Å². The van der Waals surface area contributed by atoms with Crippen molar-refractivity contribution in [1.82, 2.24) is 0 Å². The number of hydrogen-bond acceptors (Lipinski definition) is 1. The fourth-order valence-corrected chi connectivity index (χ4v) is 2.73. The van der Waals surface area contributed by atoms with E-state index in [9.17, 15) is 0 Å². The Hall–Kier alpha value is -0.603. The van der Waals surface area contributed by atoms with Crippen LogP contribution in [0.4, 0.5) is 0 Å². The molecule has 14 heavy (non-hydrogen) atoms. The standard InChI is InChI=1S/C12H19NSi/c1-4-9-7-8-12(14-13)11(6-3)10(9)5-2/h7-8H,4-6,13H2,1-3H3. The van der Waals surface area contributed by atoms with Crippen LogP contribution in [0.15, 0.2) is 12.1 Å². The quantitative estimate of drug-likeness (QED) is 0.742. The van der Waals surface area contributed by atoms with Crippen molar-refractivity contribution in [3.05, 3.63) is 28.8 Å². The van der Waals surface area contributed by atoms with Crippen LogP contribution in [0.1, 0.15) is 37.5 Å². The van der Waals surface area contributed by atoms with Gasteiger partial charge in [-0.05, 0) is 41.1 Å². The monoisotopic (exact) mass is 205 g/mol. The Morgan fingerprint density at radius 3 is 2.07 bits per heavy atom. The van der Waals surface area contributed by atoms with E-state index in [2.05, 4.69) is 32.9 Å². The summed E-state index contributed by atoms with van der Waals surface area (Å²) in [5.41, 5.74) is 4.52. The van der Waals surface area contributed by atoms with Gasteiger partial charge in [-0.15, -0.1) is 0 Å². The highest BCUT2D eigenvalue weighted by Crippen LogP contribution is 2.15. The molecular formula is C12H19NSi. The van der Waals surface area contributed by atoms with Gasteiger partial charge in [0.05, 0.1) is 0 Å². The third kappa shape index (κ3) is 2.07. The highest BCUT2D eigenvalue weighted by Gasteiger charge is 2.08. The minimum atomic E-state index is 0.433. The minimum absolute atomic E-state index is 0.433. The second-order valence-corrected chi connectivity index (χ2v) is 4.26. The molecule has 0 bridgehead atoms. The maximum absolute atomic E-state index is 5.77. The van der Waals surface area contributed by atoms with Crippen molar-refractivity contribution in [2.45, 2.75) is 40.0 Å². The molecule has 0 aliphatic heterocycles. The zero-order chi connectivity index (χ0) is 10.6. The lowest BCUT2D eigenvalue weighted by Crippen LogP contribution is -2.28. The molecule has 0 saturated heterocycles. The van der Waals surface area contributed by atoms with Gasteiger partial charge in [0.1, 0.15) is 0 Å². The average Bonchev–Trinajstić information content (AvgIpc) is 2.26. The number of rotatable bonds is 4. The molecule has 0 spiro atoms. The lowest BCUT2D eigenvalue weighted by molar-refractivity contribution is 0.988. The highest BCUT2D eigenvalue weighted by atomic mass is 28.2. The van der Waals surface area contributed by atoms with Crippen molar-refractivity contribution in [3.63, 3.8) is 0 Å². The predicted octanol–water partition coefficient (Wildman–Crippen LogP) is 1.58. The SMILES string of the molecule is CCc1ccc([Si]N)c(CC)c1CC. The molecule has 1 aromatic rings. The molecule has 1 rings (SSSR count). The fraction of sp³-hybridized carbons (Fsp3) is 0.500. The highest BCUT2D eigenvalue weighted by molar-refractivity contribution is 6.50. The van der Waals surface area contributed by atoms with E-state index in [0.29, 0.717) is 9.68 Å². The molecule has 2 heteroatoms. The maximum Gasteiger partial charge on any atom is 0.177 e. The Morgan fingerprint density at radius 1 is 1.00 bits per heavy atom. The third-order valence-corrected chi connectivity index (χ3v) is 3.55. The summed E-state index contributed by atoms with van der Waals surface area (Å²) < 4.78 is 0. The van der Waals surface area contributed by atoms with E-state index in [1.54, 1.807) is 0 Å². The van der Waals surface area contributed by atoms with Gasteiger partial charge in [-0.25, -0.2) is 0 Å². The Balaban J connectivity index is 3.28. The second-order valence-electron chi connectivity index (χ2n) is 3.43. The summed E-state index contributed by atoms with van der Waals surface area (Å²) in [4.78, 5) is 0. The van der Waals surface area contributed by atoms with Crippen LogP contribution >= 0.6 is 0 Å². The van der Waals surface area contributed by atoms with Crippen molar-refractivity contribution >= 4 is 14.9 Å². The average molecular weight is 205 g/mol. The molecule has 0 atom stereocenters. The maximum atomic E-state index is 5.77. The number of aryl methyl sites for hydroxylation is 1. The van der Waals surface area contributed by atoms with E-state index in [1.807, 2.05) is 0 Å². The van der Waals surface area contributed by atoms with Crippen LogP contribution in [0.2, 0.25) is 0 Å². The zero-order valence-electron chi connectivity index (χ0n) is 9.35. The van der Waals surface area contributed by atoms with E-state index in [0.717, 1.165) is 19.3 Å². The van der Waals surface area contributed by atoms with Gasteiger partial charge in [0.15, 0.2) is 9.68 Å². The van der Waals surface area contributed by atoms with E-state index < -0.39 is 0 Å². The van der Waals surface area contributed by atoms with Gasteiger partial charge in [0.25, 0.3) is 0 Å². The molecule has 76 valence electrons. The normalized spacial score (nSPS) is 10.6. The Kier molecular flexibility index (Phi) is 4.36. The Labute approximate surface area is 89.6 Å². The fourth-order valence-electron chi connectivity index (χ4n) is 2.05. The second kappa shape index (κ2) is 5.32. The number of nitrogens with two attached hydrogens (primary N) is 1. The molecule has 1 nitrogen and oxygen atoms in total. The van der Waals surface area contributed by atoms with E-state index in [-0.39, 0.29) is 0 Å². The summed E-state index contributed by atoms with van der Waals surface area (Å²) in [6, 6.07) is 4.45. The van der Waals surface area contributed by atoms with Gasteiger partial charge in [0.2, 0.25) is 0 Å². The van der Waals surface area contributed by atoms with E-state index in [1.165, 1.54) is 21.9 Å². The van der Waals surface area contributed by atoms with Gasteiger partial charge in [0, 0.05) is 0 Å². The molecule has 0 aliphatic rings. The van der Waals surface area contributed by atoms with Crippen molar-refractivity contribution in [2.75, 3.05) is 0 Å². The first-order chi connectivity index (χ1) is 6.78. The molecule has 0 heterocycles. The zero-order valence-corrected chi connectivity index (χ0v) is 10.4. The van der Waals surface area contributed by atoms with Gasteiger partial charge < -0.3 is 5.40 Å². The molecular weight excluding hydrogens is 186 g/mol. The lowest BCUT2D eigenvalue weighted by Gasteiger charge is -2.14. The first-order valence-corrected chi connectivity index (χ1v) is 6.46. The largest absolute Gasteiger partial charge is 0.349 e. The summed E-state index contributed by atoms with van der Waals surface area (Å²) in [5.74, 6) is 0. The van der Waals surface area contributed by atoms with Crippen molar-refractivity contribution in [1.29, 1.82) is 0 Å². The van der Waals surface area contributed by atoms with Crippen LogP contribution in [-0.4, -0.2) is 9.68 Å². The van der Waals surface area contributed by atoms with E-state index >= 15 is 0 Å². The summed E-state index contributed by atoms with van der Waals surface area (Å²) >= 11 is 0. The van der Waals surface area contributed by atoms with Gasteiger partial charge in [-0.2, -0.15) is 0 Å². The molecule has 0 unspecified atom stereocenters. The minimum Gasteiger partial charge on any atom is -0.349 e. The van der Waals surface area contributed by atoms with Crippen molar-refractivity contribution < 1.29 is 0 Å². The Morgan fingerprint density at radius 2 is 1.64 bits per heavy atom. The summed E-state index contributed by atoms with van der Waals surface area (Å²) in [7, 11) is 0.433. The third-order valence-electron chi connectivity index (χ3n) is 2.77. The van der Waals surface area contributed by atoms with Crippen LogP contribution in [0.25, 0.3) is 0 Å². The lowest BCUT2D eigenvalue weighted by atomic mass is 9.95. The molecule has 2 radical (unpaired) electrons. The van der Waals surface area contributed by atoms with Crippen molar-refractivity contribution in [2.24, 2.45) is 5.40 Å². The van der Waals surface area contributed by atoms with Crippen LogP contribution in [0.5, 0.6) is 0 Å². The topological polar surface area (TPSA) is 26.0 Å². The molecule has 0 aliphatic carbocycles. The van der Waals surface area contributed by atoms with Gasteiger partial charge in [-0.3, -0.25) is 0 Å². The number of benzene rings is 1. The predicted molar refractivity (Wildman–Crippen MR) is 64.2 cm³/mol. The number of hydrogen-bond donors (Lipinski definition) is 1. The van der Waals surface area contributed by atoms with Crippen molar-refractivity contribution in [3.8, 4) is 0 Å². The molecule has 0 fully saturated rings. The summed E-state index contributed by atoms with van der Waals surface area (Å²) in [6.45, 7) is 6.67. The molecule has 0 aromatic heterocycles. The smallest absolute Gasteiger partial charge is 0.177 e. The first-order valence-electron chi connectivity index (χ1n) is 5.38. The van der Waals surface area contributed by atoms with Gasteiger partial charge in [-0.1, -0.05) is 32.9 Å². The van der Waals surface area contributed by atoms with Crippen LogP contribution in [-0.2, 0) is 19.3 Å².